The minimum atomic E-state index is -0.0272. The summed E-state index contributed by atoms with van der Waals surface area (Å²) in [5.74, 6) is 0.974. The van der Waals surface area contributed by atoms with Gasteiger partial charge in [0, 0.05) is 26.1 Å². The predicted molar refractivity (Wildman–Crippen MR) is 101 cm³/mol. The van der Waals surface area contributed by atoms with Crippen LogP contribution in [0.2, 0.25) is 0 Å². The van der Waals surface area contributed by atoms with E-state index in [4.69, 9.17) is 9.73 Å². The number of nitrogens with zero attached hydrogens (tertiary/aromatic N) is 3. The van der Waals surface area contributed by atoms with Crippen LogP contribution in [-0.2, 0) is 9.53 Å². The van der Waals surface area contributed by atoms with Gasteiger partial charge in [-0.2, -0.15) is 0 Å². The summed E-state index contributed by atoms with van der Waals surface area (Å²) in [7, 11) is 0. The molecular formula is C19H37N3O2. The van der Waals surface area contributed by atoms with Crippen LogP contribution in [0.1, 0.15) is 66.7 Å². The molecule has 0 aromatic rings. The molecule has 2 aliphatic rings. The Hall–Kier alpha value is -0.940. The highest BCUT2D eigenvalue weighted by molar-refractivity contribution is 5.90. The molecule has 140 valence electrons. The summed E-state index contributed by atoms with van der Waals surface area (Å²) in [4.78, 5) is 20.6. The van der Waals surface area contributed by atoms with Gasteiger partial charge in [-0.15, -0.1) is 0 Å². The van der Waals surface area contributed by atoms with E-state index in [1.54, 1.807) is 4.90 Å². The number of hydrogen-bond acceptors (Lipinski definition) is 4. The molecule has 1 amide bonds. The molecule has 0 atom stereocenters. The Kier molecular flexibility index (Phi) is 9.52. The number of piperidine rings is 1. The molecule has 2 fully saturated rings. The first-order valence-corrected chi connectivity index (χ1v) is 9.74. The smallest absolute Gasteiger partial charge is 0.215 e. The van der Waals surface area contributed by atoms with Gasteiger partial charge in [0.05, 0.1) is 24.8 Å². The highest BCUT2D eigenvalue weighted by Crippen LogP contribution is 2.29. The van der Waals surface area contributed by atoms with Crippen LogP contribution in [0.3, 0.4) is 0 Å². The number of amidine groups is 1. The van der Waals surface area contributed by atoms with Gasteiger partial charge in [-0.3, -0.25) is 14.7 Å². The van der Waals surface area contributed by atoms with Crippen molar-refractivity contribution in [2.75, 3.05) is 32.8 Å². The van der Waals surface area contributed by atoms with Crippen LogP contribution in [0, 0.1) is 0 Å². The van der Waals surface area contributed by atoms with E-state index < -0.39 is 0 Å². The van der Waals surface area contributed by atoms with Gasteiger partial charge in [-0.05, 0) is 33.1 Å². The number of likely N-dealkylation sites (tertiary alicyclic amines) is 1. The van der Waals surface area contributed by atoms with Gasteiger partial charge in [0.25, 0.3) is 0 Å². The summed E-state index contributed by atoms with van der Waals surface area (Å²) in [6.45, 7) is 15.1. The Balaban J connectivity index is 0.00000139. The van der Waals surface area contributed by atoms with Crippen LogP contribution >= 0.6 is 0 Å². The number of ether oxygens (including phenoxy) is 1. The van der Waals surface area contributed by atoms with Gasteiger partial charge in [0.1, 0.15) is 5.84 Å². The molecule has 0 saturated carbocycles. The molecule has 2 heterocycles. The minimum absolute atomic E-state index is 0.0272. The lowest BCUT2D eigenvalue weighted by atomic mass is 9.89. The topological polar surface area (TPSA) is 45.1 Å². The highest BCUT2D eigenvalue weighted by atomic mass is 16.5. The zero-order valence-corrected chi connectivity index (χ0v) is 16.4. The van der Waals surface area contributed by atoms with Crippen LogP contribution in [0.15, 0.2) is 4.99 Å². The maximum absolute atomic E-state index is 11.3. The van der Waals surface area contributed by atoms with E-state index in [1.165, 1.54) is 0 Å². The van der Waals surface area contributed by atoms with Gasteiger partial charge in [-0.1, -0.05) is 27.2 Å². The Morgan fingerprint density at radius 3 is 2.33 bits per heavy atom. The molecule has 0 radical (unpaired) electrons. The van der Waals surface area contributed by atoms with E-state index in [1.807, 2.05) is 20.8 Å². The zero-order valence-electron chi connectivity index (χ0n) is 16.4. The van der Waals surface area contributed by atoms with Gasteiger partial charge in [-0.25, -0.2) is 0 Å². The van der Waals surface area contributed by atoms with Crippen LogP contribution in [0.5, 0.6) is 0 Å². The van der Waals surface area contributed by atoms with Gasteiger partial charge >= 0.3 is 0 Å². The Labute approximate surface area is 148 Å². The lowest BCUT2D eigenvalue weighted by Gasteiger charge is -2.44. The van der Waals surface area contributed by atoms with E-state index in [2.05, 4.69) is 18.7 Å². The van der Waals surface area contributed by atoms with E-state index in [9.17, 15) is 4.79 Å². The van der Waals surface area contributed by atoms with Crippen LogP contribution in [0.4, 0.5) is 0 Å². The van der Waals surface area contributed by atoms with Crippen molar-refractivity contribution in [3.05, 3.63) is 0 Å². The first-order valence-electron chi connectivity index (χ1n) is 9.74. The molecule has 5 nitrogen and oxygen atoms in total. The number of amides is 1. The summed E-state index contributed by atoms with van der Waals surface area (Å²) in [6, 6.07) is 0.621. The maximum atomic E-state index is 11.3. The summed E-state index contributed by atoms with van der Waals surface area (Å²) >= 11 is 0. The quantitative estimate of drug-likeness (QED) is 0.406. The number of aliphatic imine (C=N–C) groups is 1. The van der Waals surface area contributed by atoms with Crippen LogP contribution in [0.25, 0.3) is 0 Å². The molecule has 0 spiro atoms. The second-order valence-electron chi connectivity index (χ2n) is 6.75. The van der Waals surface area contributed by atoms with Crippen molar-refractivity contribution >= 4 is 12.2 Å². The summed E-state index contributed by atoms with van der Waals surface area (Å²) < 4.78 is 5.29. The number of carbonyl (C=O) groups is 1. The molecular weight excluding hydrogens is 302 g/mol. The monoisotopic (exact) mass is 339 g/mol. The third kappa shape index (κ3) is 5.85. The van der Waals surface area contributed by atoms with E-state index in [0.717, 1.165) is 70.7 Å². The summed E-state index contributed by atoms with van der Waals surface area (Å²) in [5, 5.41) is 0. The zero-order chi connectivity index (χ0) is 18.0. The molecule has 2 saturated heterocycles. The third-order valence-electron chi connectivity index (χ3n) is 4.96. The second-order valence-corrected chi connectivity index (χ2v) is 6.75. The van der Waals surface area contributed by atoms with Crippen molar-refractivity contribution in [2.45, 2.75) is 78.3 Å². The summed E-state index contributed by atoms with van der Waals surface area (Å²) in [5.41, 5.74) is -0.0272. The first-order chi connectivity index (χ1) is 11.6. The lowest BCUT2D eigenvalue weighted by Crippen LogP contribution is -2.54. The normalized spacial score (nSPS) is 21.5. The Morgan fingerprint density at radius 1 is 1.29 bits per heavy atom. The fraction of sp³-hybridized carbons (Fsp3) is 0.895. The number of hydrogen-bond donors (Lipinski definition) is 0. The number of unbranched alkanes of at least 4 members (excludes halogenated alkanes) is 1. The molecule has 0 N–H and O–H groups in total. The maximum Gasteiger partial charge on any atom is 0.215 e. The van der Waals surface area contributed by atoms with Crippen molar-refractivity contribution in [3.63, 3.8) is 0 Å². The fourth-order valence-electron chi connectivity index (χ4n) is 3.14. The molecule has 5 heteroatoms. The van der Waals surface area contributed by atoms with Crippen molar-refractivity contribution in [1.29, 1.82) is 0 Å². The average molecular weight is 340 g/mol. The molecule has 0 bridgehead atoms. The van der Waals surface area contributed by atoms with Crippen LogP contribution in [-0.4, -0.2) is 66.5 Å². The summed E-state index contributed by atoms with van der Waals surface area (Å²) in [6.07, 6.45) is 6.18. The molecule has 24 heavy (non-hydrogen) atoms. The van der Waals surface area contributed by atoms with E-state index in [0.29, 0.717) is 12.6 Å². The minimum Gasteiger partial charge on any atom is -0.378 e. The first kappa shape index (κ1) is 21.1. The molecule has 2 aliphatic heterocycles. The average Bonchev–Trinajstić information content (AvgIpc) is 2.56. The predicted octanol–water partition coefficient (Wildman–Crippen LogP) is 3.33. The molecule has 0 aromatic heterocycles. The molecule has 0 aliphatic carbocycles. The standard InChI is InChI=1S/C17H31N3O2.C2H6/c1-4-6-7-16(19(5-2)14-21)18-17(3)8-10-20(11-9-17)15-12-22-13-15;1-2/h14-15H,4-13H2,1-3H3;1-2H3. The van der Waals surface area contributed by atoms with Crippen molar-refractivity contribution in [2.24, 2.45) is 4.99 Å². The Bertz CT molecular complexity index is 386. The second kappa shape index (κ2) is 10.8. The lowest BCUT2D eigenvalue weighted by molar-refractivity contribution is -0.114. The Morgan fingerprint density at radius 2 is 1.92 bits per heavy atom. The van der Waals surface area contributed by atoms with Crippen LogP contribution < -0.4 is 0 Å². The molecule has 0 unspecified atom stereocenters. The van der Waals surface area contributed by atoms with Crippen molar-refractivity contribution in [1.82, 2.24) is 9.80 Å². The van der Waals surface area contributed by atoms with E-state index in [-0.39, 0.29) is 5.54 Å². The number of rotatable bonds is 7. The third-order valence-corrected chi connectivity index (χ3v) is 4.96. The van der Waals surface area contributed by atoms with Gasteiger partial charge in [0.2, 0.25) is 6.41 Å². The van der Waals surface area contributed by atoms with Crippen molar-refractivity contribution in [3.8, 4) is 0 Å². The fourth-order valence-corrected chi connectivity index (χ4v) is 3.14. The van der Waals surface area contributed by atoms with Gasteiger partial charge < -0.3 is 9.64 Å². The number of carbonyl (C=O) groups excluding carboxylic acids is 1. The molecule has 0 aromatic carbocycles. The van der Waals surface area contributed by atoms with Crippen molar-refractivity contribution < 1.29 is 9.53 Å². The largest absolute Gasteiger partial charge is 0.378 e. The van der Waals surface area contributed by atoms with Gasteiger partial charge in [0.15, 0.2) is 0 Å². The molecule has 2 rings (SSSR count). The highest BCUT2D eigenvalue weighted by Gasteiger charge is 2.35. The van der Waals surface area contributed by atoms with E-state index >= 15 is 0 Å². The SMILES string of the molecule is CC.CCCCC(=NC1(C)CCN(C2COC2)CC1)N(C=O)CC.